The van der Waals surface area contributed by atoms with Crippen LogP contribution >= 0.6 is 31.9 Å². The average Bonchev–Trinajstić information content (AvgIpc) is 3.36. The van der Waals surface area contributed by atoms with Crippen LogP contribution < -0.4 is 5.32 Å². The number of amides is 3. The van der Waals surface area contributed by atoms with E-state index in [4.69, 9.17) is 9.26 Å². The zero-order valence-corrected chi connectivity index (χ0v) is 17.9. The number of rotatable bonds is 5. The summed E-state index contributed by atoms with van der Waals surface area (Å²) in [7, 11) is 0. The van der Waals surface area contributed by atoms with Gasteiger partial charge in [-0.1, -0.05) is 37.0 Å². The summed E-state index contributed by atoms with van der Waals surface area (Å²) in [6.45, 7) is 0.635. The molecule has 11 heteroatoms. The minimum Gasteiger partial charge on any atom is -0.454 e. The van der Waals surface area contributed by atoms with E-state index in [9.17, 15) is 19.2 Å². The summed E-state index contributed by atoms with van der Waals surface area (Å²) in [4.78, 5) is 50.5. The van der Waals surface area contributed by atoms with E-state index in [1.807, 2.05) is 0 Å². The van der Waals surface area contributed by atoms with Crippen molar-refractivity contribution in [3.63, 3.8) is 0 Å². The Labute approximate surface area is 176 Å². The Bertz CT molecular complexity index is 826. The van der Waals surface area contributed by atoms with E-state index in [0.717, 1.165) is 11.3 Å². The first-order valence-corrected chi connectivity index (χ1v) is 10.6. The minimum atomic E-state index is -0.814. The Morgan fingerprint density at radius 2 is 1.86 bits per heavy atom. The van der Waals surface area contributed by atoms with Crippen molar-refractivity contribution in [1.82, 2.24) is 10.1 Å². The van der Waals surface area contributed by atoms with Gasteiger partial charge in [-0.15, -0.1) is 0 Å². The Balaban J connectivity index is 1.32. The van der Waals surface area contributed by atoms with Crippen molar-refractivity contribution in [3.05, 3.63) is 11.8 Å². The largest absolute Gasteiger partial charge is 0.454 e. The van der Waals surface area contributed by atoms with Crippen LogP contribution in [0.15, 0.2) is 10.6 Å². The third-order valence-electron chi connectivity index (χ3n) is 5.63. The standard InChI is InChI=1S/C17H17Br2N3O6/c1-6-2-9(21-28-6)20-10(23)5-27-11(24)4-22-16(25)12-7-3-8(13(12)17(22)26)15(19)14(7)18/h2,7-8,12-15H,3-5H2,1H3,(H,20,21,23)/t7-,8-,12-,13-,14-,15+/m1/s1. The highest BCUT2D eigenvalue weighted by atomic mass is 79.9. The van der Waals surface area contributed by atoms with E-state index in [1.165, 1.54) is 6.07 Å². The lowest BCUT2D eigenvalue weighted by atomic mass is 9.81. The van der Waals surface area contributed by atoms with Gasteiger partial charge in [0.15, 0.2) is 12.4 Å². The van der Waals surface area contributed by atoms with Gasteiger partial charge in [0.05, 0.1) is 11.8 Å². The highest BCUT2D eigenvalue weighted by molar-refractivity contribution is 9.12. The second-order valence-electron chi connectivity index (χ2n) is 7.30. The molecule has 0 aromatic carbocycles. The molecular formula is C17H17Br2N3O6. The third kappa shape index (κ3) is 3.18. The van der Waals surface area contributed by atoms with Crippen molar-refractivity contribution in [1.29, 1.82) is 0 Å². The topological polar surface area (TPSA) is 119 Å². The number of nitrogens with zero attached hydrogens (tertiary/aromatic N) is 2. The maximum atomic E-state index is 12.7. The first kappa shape index (κ1) is 19.6. The molecular weight excluding hydrogens is 502 g/mol. The van der Waals surface area contributed by atoms with Crippen molar-refractivity contribution in [2.24, 2.45) is 23.7 Å². The van der Waals surface area contributed by atoms with E-state index in [2.05, 4.69) is 42.3 Å². The van der Waals surface area contributed by atoms with Gasteiger partial charge in [-0.25, -0.2) is 0 Å². The summed E-state index contributed by atoms with van der Waals surface area (Å²) in [6, 6.07) is 1.52. The molecule has 0 spiro atoms. The molecule has 1 aromatic heterocycles. The molecule has 3 amide bonds. The number of nitrogens with one attached hydrogen (secondary N) is 1. The molecule has 2 heterocycles. The van der Waals surface area contributed by atoms with Crippen LogP contribution in [0.4, 0.5) is 5.82 Å². The number of anilines is 1. The number of halogens is 2. The van der Waals surface area contributed by atoms with Gasteiger partial charge >= 0.3 is 5.97 Å². The van der Waals surface area contributed by atoms with E-state index in [0.29, 0.717) is 5.76 Å². The maximum Gasteiger partial charge on any atom is 0.326 e. The molecule has 3 fully saturated rings. The van der Waals surface area contributed by atoms with Crippen LogP contribution in [0.5, 0.6) is 0 Å². The van der Waals surface area contributed by atoms with Crippen LogP contribution in [0.25, 0.3) is 0 Å². The van der Waals surface area contributed by atoms with Crippen LogP contribution in [0, 0.1) is 30.6 Å². The Morgan fingerprint density at radius 1 is 1.25 bits per heavy atom. The van der Waals surface area contributed by atoms with E-state index in [1.54, 1.807) is 6.92 Å². The third-order valence-corrected chi connectivity index (χ3v) is 8.83. The summed E-state index contributed by atoms with van der Waals surface area (Å²) in [5.41, 5.74) is 0. The summed E-state index contributed by atoms with van der Waals surface area (Å²) in [5, 5.41) is 6.01. The lowest BCUT2D eigenvalue weighted by Crippen LogP contribution is -2.38. The molecule has 1 N–H and O–H groups in total. The lowest BCUT2D eigenvalue weighted by molar-refractivity contribution is -0.154. The first-order chi connectivity index (χ1) is 13.3. The van der Waals surface area contributed by atoms with E-state index >= 15 is 0 Å². The summed E-state index contributed by atoms with van der Waals surface area (Å²) in [6.07, 6.45) is 0.818. The van der Waals surface area contributed by atoms with Crippen LogP contribution in [-0.2, 0) is 23.9 Å². The number of hydrogen-bond acceptors (Lipinski definition) is 7. The average molecular weight is 519 g/mol. The number of hydrogen-bond donors (Lipinski definition) is 1. The van der Waals surface area contributed by atoms with Crippen molar-refractivity contribution in [2.75, 3.05) is 18.5 Å². The van der Waals surface area contributed by atoms with Crippen molar-refractivity contribution in [3.8, 4) is 0 Å². The van der Waals surface area contributed by atoms with Gasteiger partial charge in [0, 0.05) is 15.7 Å². The van der Waals surface area contributed by atoms with Gasteiger partial charge < -0.3 is 14.6 Å². The van der Waals surface area contributed by atoms with E-state index in [-0.39, 0.29) is 51.0 Å². The van der Waals surface area contributed by atoms with Crippen molar-refractivity contribution < 1.29 is 28.4 Å². The molecule has 4 rings (SSSR count). The molecule has 2 bridgehead atoms. The lowest BCUT2D eigenvalue weighted by Gasteiger charge is -2.28. The summed E-state index contributed by atoms with van der Waals surface area (Å²) < 4.78 is 9.72. The van der Waals surface area contributed by atoms with Crippen LogP contribution in [0.3, 0.4) is 0 Å². The van der Waals surface area contributed by atoms with Gasteiger partial charge in [-0.2, -0.15) is 0 Å². The Morgan fingerprint density at radius 3 is 2.39 bits per heavy atom. The molecule has 0 unspecified atom stereocenters. The number of alkyl halides is 2. The zero-order chi connectivity index (χ0) is 20.2. The smallest absolute Gasteiger partial charge is 0.326 e. The second kappa shape index (κ2) is 7.25. The second-order valence-corrected chi connectivity index (χ2v) is 9.41. The summed E-state index contributed by atoms with van der Waals surface area (Å²) >= 11 is 7.22. The normalized spacial score (nSPS) is 33.3. The van der Waals surface area contributed by atoms with E-state index < -0.39 is 25.0 Å². The Hall–Kier alpha value is -1.75. The zero-order valence-electron chi connectivity index (χ0n) is 14.8. The van der Waals surface area contributed by atoms with Gasteiger partial charge in [0.25, 0.3) is 5.91 Å². The number of fused-ring (bicyclic) bond motifs is 5. The number of carbonyl (C=O) groups is 4. The minimum absolute atomic E-state index is 0.0774. The number of carbonyl (C=O) groups excluding carboxylic acids is 4. The maximum absolute atomic E-state index is 12.7. The number of aromatic nitrogens is 1. The van der Waals surface area contributed by atoms with Crippen LogP contribution in [0.2, 0.25) is 0 Å². The molecule has 6 atom stereocenters. The summed E-state index contributed by atoms with van der Waals surface area (Å²) in [5.74, 6) is -1.95. The van der Waals surface area contributed by atoms with Gasteiger partial charge in [0.1, 0.15) is 12.3 Å². The van der Waals surface area contributed by atoms with Gasteiger partial charge in [0.2, 0.25) is 11.8 Å². The number of esters is 1. The fourth-order valence-electron chi connectivity index (χ4n) is 4.49. The molecule has 3 aliphatic rings. The molecule has 0 radical (unpaired) electrons. The molecule has 28 heavy (non-hydrogen) atoms. The molecule has 2 saturated carbocycles. The van der Waals surface area contributed by atoms with Gasteiger partial charge in [-0.3, -0.25) is 24.1 Å². The molecule has 1 saturated heterocycles. The Kier molecular flexibility index (Phi) is 5.07. The quantitative estimate of drug-likeness (QED) is 0.354. The number of ether oxygens (including phenoxy) is 1. The molecule has 150 valence electrons. The van der Waals surface area contributed by atoms with Crippen molar-refractivity contribution in [2.45, 2.75) is 23.0 Å². The highest BCUT2D eigenvalue weighted by Gasteiger charge is 2.66. The molecule has 1 aromatic rings. The van der Waals surface area contributed by atoms with Gasteiger partial charge in [-0.05, 0) is 25.2 Å². The predicted octanol–water partition coefficient (Wildman–Crippen LogP) is 1.24. The number of aryl methyl sites for hydroxylation is 1. The fourth-order valence-corrected chi connectivity index (χ4v) is 6.36. The molecule has 1 aliphatic heterocycles. The predicted molar refractivity (Wildman–Crippen MR) is 102 cm³/mol. The number of imide groups is 1. The molecule has 2 aliphatic carbocycles. The van der Waals surface area contributed by atoms with Crippen LogP contribution in [0.1, 0.15) is 12.2 Å². The number of likely N-dealkylation sites (tertiary alicyclic amines) is 1. The van der Waals surface area contributed by atoms with Crippen molar-refractivity contribution >= 4 is 61.4 Å². The fraction of sp³-hybridized carbons (Fsp3) is 0.588. The molecule has 9 nitrogen and oxygen atoms in total. The monoisotopic (exact) mass is 517 g/mol. The van der Waals surface area contributed by atoms with Crippen LogP contribution in [-0.4, -0.2) is 56.6 Å². The SMILES string of the molecule is Cc1cc(NC(=O)COC(=O)CN2C(=O)[C@@H]3[C@H]4C[C@@H]([C@@H](Br)[C@H]4Br)[C@H]3C2=O)no1. The first-order valence-electron chi connectivity index (χ1n) is 8.80. The highest BCUT2D eigenvalue weighted by Crippen LogP contribution is 2.60.